The second kappa shape index (κ2) is 5.58. The molecule has 0 amide bonds. The number of aromatic nitrogens is 1. The Morgan fingerprint density at radius 3 is 2.76 bits per heavy atom. The van der Waals surface area contributed by atoms with Crippen LogP contribution in [-0.2, 0) is 11.3 Å². The van der Waals surface area contributed by atoms with Gasteiger partial charge in [-0.2, -0.15) is 0 Å². The van der Waals surface area contributed by atoms with Crippen molar-refractivity contribution >= 4 is 0 Å². The number of hydrogen-bond acceptors (Lipinski definition) is 4. The molecule has 2 rings (SSSR count). The van der Waals surface area contributed by atoms with Crippen molar-refractivity contribution in [2.75, 3.05) is 26.9 Å². The fourth-order valence-corrected chi connectivity index (χ4v) is 2.31. The molecular weight excluding hydrogens is 216 g/mol. The molecule has 1 aliphatic rings. The predicted octanol–water partition coefficient (Wildman–Crippen LogP) is 1.05. The first-order chi connectivity index (χ1) is 8.27. The lowest BCUT2D eigenvalue weighted by molar-refractivity contribution is -0.0497. The highest BCUT2D eigenvalue weighted by Gasteiger charge is 2.35. The van der Waals surface area contributed by atoms with E-state index in [1.807, 2.05) is 18.2 Å². The summed E-state index contributed by atoms with van der Waals surface area (Å²) in [5.74, 6) is 0. The van der Waals surface area contributed by atoms with E-state index in [1.165, 1.54) is 0 Å². The fraction of sp³-hybridized carbons (Fsp3) is 0.615. The zero-order valence-corrected chi connectivity index (χ0v) is 10.3. The van der Waals surface area contributed by atoms with Gasteiger partial charge in [-0.3, -0.25) is 9.88 Å². The van der Waals surface area contributed by atoms with E-state index in [1.54, 1.807) is 6.20 Å². The Hall–Kier alpha value is -0.970. The van der Waals surface area contributed by atoms with Crippen molar-refractivity contribution in [1.29, 1.82) is 0 Å². The summed E-state index contributed by atoms with van der Waals surface area (Å²) in [7, 11) is 2.05. The van der Waals surface area contributed by atoms with Gasteiger partial charge in [0.25, 0.3) is 0 Å². The molecule has 1 N–H and O–H groups in total. The maximum Gasteiger partial charge on any atom is 0.0617 e. The molecule has 1 aromatic rings. The van der Waals surface area contributed by atoms with E-state index in [-0.39, 0.29) is 12.1 Å². The van der Waals surface area contributed by atoms with E-state index in [9.17, 15) is 5.11 Å². The smallest absolute Gasteiger partial charge is 0.0617 e. The van der Waals surface area contributed by atoms with Gasteiger partial charge >= 0.3 is 0 Å². The number of ether oxygens (including phenoxy) is 1. The molecule has 0 aromatic carbocycles. The summed E-state index contributed by atoms with van der Waals surface area (Å²) in [4.78, 5) is 6.53. The fourth-order valence-electron chi connectivity index (χ4n) is 2.31. The number of hydrogen-bond donors (Lipinski definition) is 1. The van der Waals surface area contributed by atoms with Gasteiger partial charge in [0.15, 0.2) is 0 Å². The van der Waals surface area contributed by atoms with Crippen LogP contribution in [-0.4, -0.2) is 47.4 Å². The van der Waals surface area contributed by atoms with Gasteiger partial charge < -0.3 is 9.84 Å². The van der Waals surface area contributed by atoms with Gasteiger partial charge in [-0.25, -0.2) is 0 Å². The van der Waals surface area contributed by atoms with Crippen molar-refractivity contribution < 1.29 is 9.84 Å². The second-order valence-corrected chi connectivity index (χ2v) is 4.67. The third-order valence-corrected chi connectivity index (χ3v) is 3.65. The van der Waals surface area contributed by atoms with Crippen LogP contribution in [0.1, 0.15) is 18.5 Å². The molecule has 0 spiro atoms. The normalized spacial score (nSPS) is 19.5. The van der Waals surface area contributed by atoms with E-state index in [0.29, 0.717) is 0 Å². The van der Waals surface area contributed by atoms with Crippen LogP contribution in [0.3, 0.4) is 0 Å². The van der Waals surface area contributed by atoms with Gasteiger partial charge in [0.2, 0.25) is 0 Å². The van der Waals surface area contributed by atoms with Crippen LogP contribution in [0.15, 0.2) is 24.4 Å². The Kier molecular flexibility index (Phi) is 4.10. The second-order valence-electron chi connectivity index (χ2n) is 4.67. The van der Waals surface area contributed by atoms with Gasteiger partial charge in [-0.05, 0) is 32.0 Å². The van der Waals surface area contributed by atoms with Gasteiger partial charge in [-0.15, -0.1) is 0 Å². The van der Waals surface area contributed by atoms with E-state index >= 15 is 0 Å². The molecule has 17 heavy (non-hydrogen) atoms. The molecular formula is C13H20N2O2. The molecule has 0 aliphatic carbocycles. The van der Waals surface area contributed by atoms with E-state index in [4.69, 9.17) is 4.74 Å². The van der Waals surface area contributed by atoms with Crippen molar-refractivity contribution in [2.24, 2.45) is 0 Å². The number of pyridine rings is 1. The molecule has 4 nitrogen and oxygen atoms in total. The lowest BCUT2D eigenvalue weighted by Crippen LogP contribution is -2.52. The van der Waals surface area contributed by atoms with Gasteiger partial charge in [0, 0.05) is 31.5 Å². The molecule has 0 saturated carbocycles. The predicted molar refractivity (Wildman–Crippen MR) is 65.6 cm³/mol. The zero-order chi connectivity index (χ0) is 12.1. The van der Waals surface area contributed by atoms with E-state index in [0.717, 1.165) is 38.3 Å². The largest absolute Gasteiger partial charge is 0.394 e. The molecule has 94 valence electrons. The van der Waals surface area contributed by atoms with Crippen LogP contribution >= 0.6 is 0 Å². The van der Waals surface area contributed by atoms with Crippen molar-refractivity contribution in [1.82, 2.24) is 9.88 Å². The monoisotopic (exact) mass is 236 g/mol. The van der Waals surface area contributed by atoms with Crippen molar-refractivity contribution in [3.63, 3.8) is 0 Å². The highest BCUT2D eigenvalue weighted by atomic mass is 16.5. The standard InChI is InChI=1S/C13H20N2O2/c1-15(10-12-4-2-3-7-14-12)13(11-16)5-8-17-9-6-13/h2-4,7,16H,5-6,8-11H2,1H3. The SMILES string of the molecule is CN(Cc1ccccn1)C1(CO)CCOCC1. The molecule has 4 heteroatoms. The minimum absolute atomic E-state index is 0.143. The Morgan fingerprint density at radius 2 is 2.18 bits per heavy atom. The molecule has 1 aliphatic heterocycles. The summed E-state index contributed by atoms with van der Waals surface area (Å²) < 4.78 is 5.37. The molecule has 0 bridgehead atoms. The minimum Gasteiger partial charge on any atom is -0.394 e. The lowest BCUT2D eigenvalue weighted by atomic mass is 9.89. The number of aliphatic hydroxyl groups excluding tert-OH is 1. The minimum atomic E-state index is -0.143. The third kappa shape index (κ3) is 2.83. The van der Waals surface area contributed by atoms with Crippen LogP contribution in [0.5, 0.6) is 0 Å². The summed E-state index contributed by atoms with van der Waals surface area (Å²) in [6, 6.07) is 5.92. The number of rotatable bonds is 4. The lowest BCUT2D eigenvalue weighted by Gasteiger charge is -2.43. The summed E-state index contributed by atoms with van der Waals surface area (Å²) in [5, 5.41) is 9.67. The molecule has 0 radical (unpaired) electrons. The first-order valence-electron chi connectivity index (χ1n) is 6.07. The summed E-state index contributed by atoms with van der Waals surface area (Å²) >= 11 is 0. The van der Waals surface area contributed by atoms with Crippen LogP contribution in [0.4, 0.5) is 0 Å². The van der Waals surface area contributed by atoms with E-state index in [2.05, 4.69) is 16.9 Å². The number of likely N-dealkylation sites (N-methyl/N-ethyl adjacent to an activating group) is 1. The molecule has 0 unspecified atom stereocenters. The third-order valence-electron chi connectivity index (χ3n) is 3.65. The maximum atomic E-state index is 9.67. The highest BCUT2D eigenvalue weighted by molar-refractivity contribution is 5.04. The Labute approximate surface area is 102 Å². The number of nitrogens with zero attached hydrogens (tertiary/aromatic N) is 2. The molecule has 1 fully saturated rings. The molecule has 1 saturated heterocycles. The van der Waals surface area contributed by atoms with Gasteiger partial charge in [0.05, 0.1) is 12.3 Å². The first-order valence-corrected chi connectivity index (χ1v) is 6.07. The topological polar surface area (TPSA) is 45.6 Å². The Morgan fingerprint density at radius 1 is 1.41 bits per heavy atom. The van der Waals surface area contributed by atoms with Crippen LogP contribution in [0.2, 0.25) is 0 Å². The average molecular weight is 236 g/mol. The molecule has 0 atom stereocenters. The van der Waals surface area contributed by atoms with Crippen LogP contribution in [0.25, 0.3) is 0 Å². The van der Waals surface area contributed by atoms with Crippen LogP contribution in [0, 0.1) is 0 Å². The quantitative estimate of drug-likeness (QED) is 0.849. The van der Waals surface area contributed by atoms with Crippen molar-refractivity contribution in [3.05, 3.63) is 30.1 Å². The summed E-state index contributed by atoms with van der Waals surface area (Å²) in [6.45, 7) is 2.40. The molecule has 2 heterocycles. The average Bonchev–Trinajstić information content (AvgIpc) is 2.40. The number of aliphatic hydroxyl groups is 1. The summed E-state index contributed by atoms with van der Waals surface area (Å²) in [5.41, 5.74) is 0.893. The van der Waals surface area contributed by atoms with Crippen LogP contribution < -0.4 is 0 Å². The zero-order valence-electron chi connectivity index (χ0n) is 10.3. The van der Waals surface area contributed by atoms with Crippen molar-refractivity contribution in [3.8, 4) is 0 Å². The van der Waals surface area contributed by atoms with Crippen molar-refractivity contribution in [2.45, 2.75) is 24.9 Å². The summed E-state index contributed by atoms with van der Waals surface area (Å²) in [6.07, 6.45) is 3.57. The Bertz CT molecular complexity index is 337. The Balaban J connectivity index is 2.04. The highest BCUT2D eigenvalue weighted by Crippen LogP contribution is 2.27. The first kappa shape index (κ1) is 12.5. The molecule has 1 aromatic heterocycles. The van der Waals surface area contributed by atoms with E-state index < -0.39 is 0 Å². The van der Waals surface area contributed by atoms with Gasteiger partial charge in [-0.1, -0.05) is 6.07 Å². The maximum absolute atomic E-state index is 9.67. The van der Waals surface area contributed by atoms with Gasteiger partial charge in [0.1, 0.15) is 0 Å².